The summed E-state index contributed by atoms with van der Waals surface area (Å²) >= 11 is 6.53. The van der Waals surface area contributed by atoms with Crippen LogP contribution in [0.25, 0.3) is 6.08 Å². The molecule has 0 aliphatic carbocycles. The average Bonchev–Trinajstić information content (AvgIpc) is 2.94. The minimum absolute atomic E-state index is 0.0898. The Hall–Kier alpha value is -2.97. The number of hydrogen-bond donors (Lipinski definition) is 1. The zero-order chi connectivity index (χ0) is 20.3. The van der Waals surface area contributed by atoms with Gasteiger partial charge in [0, 0.05) is 5.56 Å². The van der Waals surface area contributed by atoms with Crippen molar-refractivity contribution >= 4 is 57.7 Å². The summed E-state index contributed by atoms with van der Waals surface area (Å²) in [4.78, 5) is 36.8. The number of Topliss-reactive ketones (excluding diaryl/α,β-unsaturated/α-hetero) is 1. The van der Waals surface area contributed by atoms with Gasteiger partial charge in [0.05, 0.1) is 10.6 Å². The van der Waals surface area contributed by atoms with Crippen LogP contribution in [0.1, 0.15) is 22.8 Å². The lowest BCUT2D eigenvalue weighted by Crippen LogP contribution is -2.27. The van der Waals surface area contributed by atoms with E-state index in [1.54, 1.807) is 54.6 Å². The fourth-order valence-corrected chi connectivity index (χ4v) is 3.81. The molecule has 142 valence electrons. The van der Waals surface area contributed by atoms with Crippen LogP contribution in [-0.4, -0.2) is 33.7 Å². The molecule has 1 fully saturated rings. The van der Waals surface area contributed by atoms with Gasteiger partial charge in [0.2, 0.25) is 0 Å². The molecule has 2 aromatic carbocycles. The summed E-state index contributed by atoms with van der Waals surface area (Å²) in [7, 11) is 0. The quantitative estimate of drug-likeness (QED) is 0.438. The molecule has 3 rings (SSSR count). The lowest BCUT2D eigenvalue weighted by atomic mass is 10.1. The van der Waals surface area contributed by atoms with Crippen LogP contribution in [0.2, 0.25) is 0 Å². The van der Waals surface area contributed by atoms with Gasteiger partial charge in [-0.3, -0.25) is 14.5 Å². The highest BCUT2D eigenvalue weighted by molar-refractivity contribution is 8.27. The van der Waals surface area contributed by atoms with Gasteiger partial charge in [-0.15, -0.1) is 0 Å². The Labute approximate surface area is 170 Å². The standard InChI is InChI=1S/C20H15NO5S2/c1-12(22)14-3-2-4-15(10-14)21-19(25)17(28-20(21)27)9-13-5-7-16(8-6-13)26-11-18(23)24/h2-10H,11H2,1H3,(H,23,24)/b17-9+. The van der Waals surface area contributed by atoms with Crippen molar-refractivity contribution in [3.63, 3.8) is 0 Å². The number of aliphatic carboxylic acids is 1. The lowest BCUT2D eigenvalue weighted by molar-refractivity contribution is -0.139. The second kappa shape index (κ2) is 8.37. The molecule has 28 heavy (non-hydrogen) atoms. The summed E-state index contributed by atoms with van der Waals surface area (Å²) in [6, 6.07) is 13.5. The Morgan fingerprint density at radius 3 is 2.57 bits per heavy atom. The molecule has 2 aromatic rings. The van der Waals surface area contributed by atoms with Gasteiger partial charge < -0.3 is 9.84 Å². The molecule has 0 atom stereocenters. The summed E-state index contributed by atoms with van der Waals surface area (Å²) in [5.74, 6) is -0.982. The zero-order valence-electron chi connectivity index (χ0n) is 14.7. The molecule has 6 nitrogen and oxygen atoms in total. The fourth-order valence-electron chi connectivity index (χ4n) is 2.51. The van der Waals surface area contributed by atoms with Crippen molar-refractivity contribution in [2.45, 2.75) is 6.92 Å². The Morgan fingerprint density at radius 2 is 1.93 bits per heavy atom. The predicted molar refractivity (Wildman–Crippen MR) is 112 cm³/mol. The highest BCUT2D eigenvalue weighted by Gasteiger charge is 2.33. The number of hydrogen-bond acceptors (Lipinski definition) is 6. The molecule has 1 aliphatic heterocycles. The maximum absolute atomic E-state index is 12.8. The first-order chi connectivity index (χ1) is 13.3. The van der Waals surface area contributed by atoms with E-state index in [-0.39, 0.29) is 11.7 Å². The number of benzene rings is 2. The second-order valence-electron chi connectivity index (χ2n) is 5.88. The van der Waals surface area contributed by atoms with Gasteiger partial charge >= 0.3 is 5.97 Å². The van der Waals surface area contributed by atoms with Crippen LogP contribution in [0.15, 0.2) is 53.4 Å². The number of rotatable bonds is 6. The van der Waals surface area contributed by atoms with Crippen molar-refractivity contribution in [3.8, 4) is 5.75 Å². The Balaban J connectivity index is 1.80. The van der Waals surface area contributed by atoms with Crippen LogP contribution in [0.3, 0.4) is 0 Å². The van der Waals surface area contributed by atoms with Crippen LogP contribution in [0.5, 0.6) is 5.75 Å². The third-order valence-corrected chi connectivity index (χ3v) is 5.15. The molecule has 0 spiro atoms. The number of ether oxygens (including phenoxy) is 1. The van der Waals surface area contributed by atoms with Gasteiger partial charge in [-0.2, -0.15) is 0 Å². The number of thiocarbonyl (C=S) groups is 1. The summed E-state index contributed by atoms with van der Waals surface area (Å²) < 4.78 is 5.47. The van der Waals surface area contributed by atoms with Crippen molar-refractivity contribution < 1.29 is 24.2 Å². The Bertz CT molecular complexity index is 998. The third kappa shape index (κ3) is 4.47. The molecule has 0 unspecified atom stereocenters. The second-order valence-corrected chi connectivity index (χ2v) is 7.55. The normalized spacial score (nSPS) is 15.2. The molecular formula is C20H15NO5S2. The molecule has 1 N–H and O–H groups in total. The smallest absolute Gasteiger partial charge is 0.341 e. The van der Waals surface area contributed by atoms with Crippen molar-refractivity contribution in [1.29, 1.82) is 0 Å². The monoisotopic (exact) mass is 413 g/mol. The number of amides is 1. The van der Waals surface area contributed by atoms with Gasteiger partial charge in [0.1, 0.15) is 5.75 Å². The molecule has 0 saturated carbocycles. The molecule has 0 aromatic heterocycles. The van der Waals surface area contributed by atoms with Crippen LogP contribution < -0.4 is 9.64 Å². The van der Waals surface area contributed by atoms with E-state index in [0.29, 0.717) is 26.2 Å². The molecule has 8 heteroatoms. The van der Waals surface area contributed by atoms with E-state index < -0.39 is 12.6 Å². The van der Waals surface area contributed by atoms with Crippen molar-refractivity contribution in [2.24, 2.45) is 0 Å². The molecule has 1 amide bonds. The van der Waals surface area contributed by atoms with Gasteiger partial charge in [-0.1, -0.05) is 48.2 Å². The molecule has 0 radical (unpaired) electrons. The summed E-state index contributed by atoms with van der Waals surface area (Å²) in [6.45, 7) is 1.05. The molecule has 1 saturated heterocycles. The number of carbonyl (C=O) groups is 3. The summed E-state index contributed by atoms with van der Waals surface area (Å²) in [5.41, 5.74) is 1.81. The van der Waals surface area contributed by atoms with Gasteiger partial charge in [-0.05, 0) is 42.8 Å². The summed E-state index contributed by atoms with van der Waals surface area (Å²) in [5, 5.41) is 8.63. The minimum atomic E-state index is -1.05. The number of ketones is 1. The van der Waals surface area contributed by atoms with Crippen LogP contribution in [0.4, 0.5) is 5.69 Å². The van der Waals surface area contributed by atoms with E-state index in [0.717, 1.165) is 5.56 Å². The largest absolute Gasteiger partial charge is 0.482 e. The topological polar surface area (TPSA) is 83.9 Å². The first-order valence-corrected chi connectivity index (χ1v) is 9.41. The average molecular weight is 413 g/mol. The first-order valence-electron chi connectivity index (χ1n) is 8.19. The zero-order valence-corrected chi connectivity index (χ0v) is 16.4. The first kappa shape index (κ1) is 19.8. The molecule has 1 heterocycles. The number of thioether (sulfide) groups is 1. The van der Waals surface area contributed by atoms with E-state index in [1.165, 1.54) is 23.6 Å². The van der Waals surface area contributed by atoms with Crippen LogP contribution >= 0.6 is 24.0 Å². The van der Waals surface area contributed by atoms with Gasteiger partial charge in [0.15, 0.2) is 16.7 Å². The predicted octanol–water partition coefficient (Wildman–Crippen LogP) is 3.76. The molecule has 1 aliphatic rings. The van der Waals surface area contributed by atoms with Gasteiger partial charge in [-0.25, -0.2) is 4.79 Å². The maximum atomic E-state index is 12.8. The number of carbonyl (C=O) groups excluding carboxylic acids is 2. The highest BCUT2D eigenvalue weighted by atomic mass is 32.2. The number of carboxylic acid groups (broad SMARTS) is 1. The Morgan fingerprint density at radius 1 is 1.21 bits per heavy atom. The fraction of sp³-hybridized carbons (Fsp3) is 0.100. The Kier molecular flexibility index (Phi) is 5.91. The van der Waals surface area contributed by atoms with E-state index in [4.69, 9.17) is 22.1 Å². The van der Waals surface area contributed by atoms with Crippen LogP contribution in [-0.2, 0) is 9.59 Å². The number of anilines is 1. The highest BCUT2D eigenvalue weighted by Crippen LogP contribution is 2.36. The van der Waals surface area contributed by atoms with E-state index >= 15 is 0 Å². The minimum Gasteiger partial charge on any atom is -0.482 e. The molecular weight excluding hydrogens is 398 g/mol. The third-order valence-electron chi connectivity index (χ3n) is 3.84. The lowest BCUT2D eigenvalue weighted by Gasteiger charge is -2.15. The van der Waals surface area contributed by atoms with E-state index in [2.05, 4.69) is 0 Å². The molecule has 0 bridgehead atoms. The SMILES string of the molecule is CC(=O)c1cccc(N2C(=O)/C(=C\c3ccc(OCC(=O)O)cc3)SC2=S)c1. The van der Waals surface area contributed by atoms with Gasteiger partial charge in [0.25, 0.3) is 5.91 Å². The van der Waals surface area contributed by atoms with Crippen LogP contribution in [0, 0.1) is 0 Å². The van der Waals surface area contributed by atoms with Crippen molar-refractivity contribution in [2.75, 3.05) is 11.5 Å². The number of carboxylic acids is 1. The van der Waals surface area contributed by atoms with E-state index in [9.17, 15) is 14.4 Å². The number of nitrogens with zero attached hydrogens (tertiary/aromatic N) is 1. The van der Waals surface area contributed by atoms with Crippen molar-refractivity contribution in [3.05, 3.63) is 64.6 Å². The maximum Gasteiger partial charge on any atom is 0.341 e. The van der Waals surface area contributed by atoms with E-state index in [1.807, 2.05) is 0 Å². The summed E-state index contributed by atoms with van der Waals surface area (Å²) in [6.07, 6.45) is 1.70. The van der Waals surface area contributed by atoms with Crippen molar-refractivity contribution in [1.82, 2.24) is 0 Å².